The minimum absolute atomic E-state index is 0.146. The van der Waals surface area contributed by atoms with Crippen molar-refractivity contribution in [3.05, 3.63) is 70.8 Å². The minimum Gasteiger partial charge on any atom is -0.345 e. The second kappa shape index (κ2) is 8.36. The SMILES string of the molecule is CCn1c(CNC(=O)c2cccc(NS(=O)(=O)c3ccccc3)c2)n[nH]c1=S. The van der Waals surface area contributed by atoms with Gasteiger partial charge < -0.3 is 9.88 Å². The molecule has 0 unspecified atom stereocenters. The number of amides is 1. The van der Waals surface area contributed by atoms with Gasteiger partial charge in [-0.05, 0) is 49.5 Å². The van der Waals surface area contributed by atoms with Crippen molar-refractivity contribution in [2.75, 3.05) is 4.72 Å². The molecular formula is C18H19N5O3S2. The van der Waals surface area contributed by atoms with Crippen LogP contribution in [-0.4, -0.2) is 29.1 Å². The molecule has 3 rings (SSSR count). The third kappa shape index (κ3) is 4.46. The number of rotatable bonds is 7. The highest BCUT2D eigenvalue weighted by atomic mass is 32.2. The zero-order valence-corrected chi connectivity index (χ0v) is 16.7. The molecule has 8 nitrogen and oxygen atoms in total. The maximum absolute atomic E-state index is 12.5. The summed E-state index contributed by atoms with van der Waals surface area (Å²) in [5.74, 6) is 0.263. The van der Waals surface area contributed by atoms with Crippen LogP contribution >= 0.6 is 12.2 Å². The third-order valence-corrected chi connectivity index (χ3v) is 5.70. The first-order chi connectivity index (χ1) is 13.4. The van der Waals surface area contributed by atoms with Gasteiger partial charge in [-0.2, -0.15) is 5.10 Å². The minimum atomic E-state index is -3.73. The first-order valence-corrected chi connectivity index (χ1v) is 10.4. The predicted octanol–water partition coefficient (Wildman–Crippen LogP) is 2.69. The number of benzene rings is 2. The van der Waals surface area contributed by atoms with Crippen LogP contribution in [0, 0.1) is 4.77 Å². The van der Waals surface area contributed by atoms with Crippen molar-refractivity contribution in [2.45, 2.75) is 24.9 Å². The summed E-state index contributed by atoms with van der Waals surface area (Å²) < 4.78 is 29.6. The number of nitrogens with zero attached hydrogens (tertiary/aromatic N) is 2. The van der Waals surface area contributed by atoms with Crippen LogP contribution in [0.3, 0.4) is 0 Å². The smallest absolute Gasteiger partial charge is 0.261 e. The molecule has 0 radical (unpaired) electrons. The van der Waals surface area contributed by atoms with Gasteiger partial charge in [0.25, 0.3) is 15.9 Å². The van der Waals surface area contributed by atoms with E-state index in [1.165, 1.54) is 18.2 Å². The topological polar surface area (TPSA) is 109 Å². The highest BCUT2D eigenvalue weighted by Crippen LogP contribution is 2.17. The van der Waals surface area contributed by atoms with Gasteiger partial charge in [-0.15, -0.1) is 0 Å². The molecule has 0 aliphatic carbocycles. The number of anilines is 1. The largest absolute Gasteiger partial charge is 0.345 e. The number of sulfonamides is 1. The number of hydrogen-bond acceptors (Lipinski definition) is 5. The normalized spacial score (nSPS) is 11.2. The molecular weight excluding hydrogens is 398 g/mol. The van der Waals surface area contributed by atoms with Crippen molar-refractivity contribution < 1.29 is 13.2 Å². The molecule has 1 amide bonds. The third-order valence-electron chi connectivity index (χ3n) is 3.99. The first-order valence-electron chi connectivity index (χ1n) is 8.51. The van der Waals surface area contributed by atoms with Gasteiger partial charge in [-0.3, -0.25) is 14.6 Å². The summed E-state index contributed by atoms with van der Waals surface area (Å²) in [6.45, 7) is 2.76. The molecule has 3 N–H and O–H groups in total. The van der Waals surface area contributed by atoms with Crippen LogP contribution in [-0.2, 0) is 23.1 Å². The Balaban J connectivity index is 1.72. The van der Waals surface area contributed by atoms with E-state index in [0.717, 1.165) is 0 Å². The van der Waals surface area contributed by atoms with Crippen molar-refractivity contribution in [2.24, 2.45) is 0 Å². The number of carbonyl (C=O) groups excluding carboxylic acids is 1. The fourth-order valence-corrected chi connectivity index (χ4v) is 3.96. The molecule has 0 aliphatic heterocycles. The lowest BCUT2D eigenvalue weighted by Gasteiger charge is -2.10. The Morgan fingerprint density at radius 1 is 1.18 bits per heavy atom. The summed E-state index contributed by atoms with van der Waals surface area (Å²) in [6, 6.07) is 14.3. The van der Waals surface area contributed by atoms with Crippen LogP contribution < -0.4 is 10.0 Å². The number of H-pyrrole nitrogens is 1. The van der Waals surface area contributed by atoms with E-state index in [-0.39, 0.29) is 17.3 Å². The fourth-order valence-electron chi connectivity index (χ4n) is 2.61. The van der Waals surface area contributed by atoms with Crippen LogP contribution in [0.5, 0.6) is 0 Å². The molecule has 0 bridgehead atoms. The zero-order chi connectivity index (χ0) is 20.1. The van der Waals surface area contributed by atoms with Crippen molar-refractivity contribution >= 4 is 33.8 Å². The van der Waals surface area contributed by atoms with E-state index in [4.69, 9.17) is 12.2 Å². The average Bonchev–Trinajstić information content (AvgIpc) is 3.06. The molecule has 1 aromatic heterocycles. The molecule has 0 saturated carbocycles. The Morgan fingerprint density at radius 3 is 2.64 bits per heavy atom. The Labute approximate surface area is 167 Å². The van der Waals surface area contributed by atoms with E-state index in [1.807, 2.05) is 6.92 Å². The lowest BCUT2D eigenvalue weighted by atomic mass is 10.2. The molecule has 0 saturated heterocycles. The number of carbonyl (C=O) groups is 1. The second-order valence-electron chi connectivity index (χ2n) is 5.87. The van der Waals surface area contributed by atoms with Crippen molar-refractivity contribution in [3.8, 4) is 0 Å². The van der Waals surface area contributed by atoms with E-state index < -0.39 is 10.0 Å². The Kier molecular flexibility index (Phi) is 5.90. The van der Waals surface area contributed by atoms with Gasteiger partial charge in [0, 0.05) is 17.8 Å². The van der Waals surface area contributed by atoms with Crippen molar-refractivity contribution in [1.29, 1.82) is 0 Å². The van der Waals surface area contributed by atoms with Crippen LogP contribution in [0.2, 0.25) is 0 Å². The molecule has 0 fully saturated rings. The van der Waals surface area contributed by atoms with E-state index in [0.29, 0.717) is 28.4 Å². The van der Waals surface area contributed by atoms with Gasteiger partial charge in [0.1, 0.15) is 0 Å². The van der Waals surface area contributed by atoms with Gasteiger partial charge in [0.15, 0.2) is 10.6 Å². The maximum atomic E-state index is 12.5. The Hall–Kier alpha value is -2.98. The van der Waals surface area contributed by atoms with E-state index in [1.54, 1.807) is 41.0 Å². The van der Waals surface area contributed by atoms with Gasteiger partial charge in [0.05, 0.1) is 11.4 Å². The monoisotopic (exact) mass is 417 g/mol. The molecule has 0 spiro atoms. The van der Waals surface area contributed by atoms with Gasteiger partial charge in [-0.1, -0.05) is 24.3 Å². The van der Waals surface area contributed by atoms with Crippen LogP contribution in [0.4, 0.5) is 5.69 Å². The first kappa shape index (κ1) is 19.8. The number of aromatic amines is 1. The lowest BCUT2D eigenvalue weighted by Crippen LogP contribution is -2.25. The maximum Gasteiger partial charge on any atom is 0.261 e. The van der Waals surface area contributed by atoms with Gasteiger partial charge >= 0.3 is 0 Å². The van der Waals surface area contributed by atoms with Crippen LogP contribution in [0.25, 0.3) is 0 Å². The average molecular weight is 418 g/mol. The Bertz CT molecular complexity index is 1140. The summed E-state index contributed by atoms with van der Waals surface area (Å²) in [4.78, 5) is 12.6. The molecule has 3 aromatic rings. The van der Waals surface area contributed by atoms with Gasteiger partial charge in [-0.25, -0.2) is 8.42 Å². The summed E-state index contributed by atoms with van der Waals surface area (Å²) >= 11 is 5.12. The fraction of sp³-hybridized carbons (Fsp3) is 0.167. The molecule has 146 valence electrons. The van der Waals surface area contributed by atoms with E-state index in [2.05, 4.69) is 20.2 Å². The molecule has 28 heavy (non-hydrogen) atoms. The van der Waals surface area contributed by atoms with E-state index in [9.17, 15) is 13.2 Å². The standard InChI is InChI=1S/C18H19N5O3S2/c1-2-23-16(20-21-18(23)27)12-19-17(24)13-7-6-8-14(11-13)22-28(25,26)15-9-4-3-5-10-15/h3-11,22H,2,12H2,1H3,(H,19,24)(H,21,27). The Morgan fingerprint density at radius 2 is 1.93 bits per heavy atom. The second-order valence-corrected chi connectivity index (χ2v) is 7.94. The van der Waals surface area contributed by atoms with Crippen LogP contribution in [0.1, 0.15) is 23.1 Å². The zero-order valence-electron chi connectivity index (χ0n) is 15.0. The number of aromatic nitrogens is 3. The summed E-state index contributed by atoms with van der Waals surface area (Å²) in [7, 11) is -3.73. The van der Waals surface area contributed by atoms with Crippen molar-refractivity contribution in [3.63, 3.8) is 0 Å². The van der Waals surface area contributed by atoms with Crippen molar-refractivity contribution in [1.82, 2.24) is 20.1 Å². The number of hydrogen-bond donors (Lipinski definition) is 3. The summed E-state index contributed by atoms with van der Waals surface area (Å²) in [5, 5.41) is 9.54. The van der Waals surface area contributed by atoms with Gasteiger partial charge in [0.2, 0.25) is 0 Å². The molecule has 1 heterocycles. The molecule has 2 aromatic carbocycles. The molecule has 0 aliphatic rings. The number of nitrogens with one attached hydrogen (secondary N) is 3. The highest BCUT2D eigenvalue weighted by Gasteiger charge is 2.15. The van der Waals surface area contributed by atoms with Crippen LogP contribution in [0.15, 0.2) is 59.5 Å². The van der Waals surface area contributed by atoms with E-state index >= 15 is 0 Å². The predicted molar refractivity (Wildman–Crippen MR) is 108 cm³/mol. The summed E-state index contributed by atoms with van der Waals surface area (Å²) in [5.41, 5.74) is 0.623. The lowest BCUT2D eigenvalue weighted by molar-refractivity contribution is 0.0949. The highest BCUT2D eigenvalue weighted by molar-refractivity contribution is 7.92. The quantitative estimate of drug-likeness (QED) is 0.512. The summed E-state index contributed by atoms with van der Waals surface area (Å²) in [6.07, 6.45) is 0. The molecule has 10 heteroatoms. The molecule has 0 atom stereocenters.